The number of nitrogens with two attached hydrogens (primary N) is 1. The molecule has 18 heavy (non-hydrogen) atoms. The minimum Gasteiger partial charge on any atom is -0.497 e. The Kier molecular flexibility index (Phi) is 7.62. The van der Waals surface area contributed by atoms with Gasteiger partial charge in [-0.25, -0.2) is 0 Å². The summed E-state index contributed by atoms with van der Waals surface area (Å²) in [4.78, 5) is 11.8. The fourth-order valence-corrected chi connectivity index (χ4v) is 2.00. The summed E-state index contributed by atoms with van der Waals surface area (Å²) in [6.07, 6.45) is 1.98. The van der Waals surface area contributed by atoms with Gasteiger partial charge in [-0.3, -0.25) is 4.79 Å². The van der Waals surface area contributed by atoms with Gasteiger partial charge in [0, 0.05) is 17.7 Å². The molecule has 0 radical (unpaired) electrons. The topological polar surface area (TPSA) is 64.3 Å². The Morgan fingerprint density at radius 1 is 1.56 bits per heavy atom. The smallest absolute Gasteiger partial charge is 0.228 e. The summed E-state index contributed by atoms with van der Waals surface area (Å²) < 4.78 is 5.09. The van der Waals surface area contributed by atoms with Crippen LogP contribution in [0, 0.1) is 5.92 Å². The van der Waals surface area contributed by atoms with E-state index in [1.807, 2.05) is 13.2 Å². The molecule has 1 atom stereocenters. The third kappa shape index (κ3) is 4.66. The molecule has 102 valence electrons. The van der Waals surface area contributed by atoms with Crippen LogP contribution in [0.5, 0.6) is 5.75 Å². The van der Waals surface area contributed by atoms with Crippen molar-refractivity contribution in [2.75, 3.05) is 30.2 Å². The first-order chi connectivity index (χ1) is 8.08. The van der Waals surface area contributed by atoms with E-state index in [0.29, 0.717) is 17.1 Å². The second-order valence-corrected chi connectivity index (χ2v) is 4.71. The zero-order valence-corrected chi connectivity index (χ0v) is 12.4. The van der Waals surface area contributed by atoms with E-state index in [9.17, 15) is 4.79 Å². The molecule has 1 amide bonds. The predicted octanol–water partition coefficient (Wildman–Crippen LogP) is 2.64. The highest BCUT2D eigenvalue weighted by atomic mass is 35.5. The first-order valence-corrected chi connectivity index (χ1v) is 6.71. The van der Waals surface area contributed by atoms with Gasteiger partial charge < -0.3 is 15.8 Å². The molecule has 1 aromatic carbocycles. The highest BCUT2D eigenvalue weighted by molar-refractivity contribution is 7.98. The zero-order valence-electron chi connectivity index (χ0n) is 10.7. The molecule has 0 bridgehead atoms. The van der Waals surface area contributed by atoms with Crippen molar-refractivity contribution in [3.63, 3.8) is 0 Å². The maximum Gasteiger partial charge on any atom is 0.228 e. The van der Waals surface area contributed by atoms with Gasteiger partial charge in [0.25, 0.3) is 0 Å². The van der Waals surface area contributed by atoms with E-state index in [0.717, 1.165) is 5.75 Å². The van der Waals surface area contributed by atoms with Crippen molar-refractivity contribution >= 4 is 41.5 Å². The first-order valence-electron chi connectivity index (χ1n) is 5.31. The van der Waals surface area contributed by atoms with E-state index in [4.69, 9.17) is 10.5 Å². The Bertz CT molecular complexity index is 402. The Hall–Kier alpha value is -1.07. The number of halogens is 1. The summed E-state index contributed by atoms with van der Waals surface area (Å²) in [7, 11) is 1.58. The second kappa shape index (κ2) is 8.11. The molecular formula is C12H19ClN2O2S. The lowest BCUT2D eigenvalue weighted by Crippen LogP contribution is -2.22. The number of nitrogens with one attached hydrogen (secondary N) is 1. The van der Waals surface area contributed by atoms with Crippen LogP contribution in [0.2, 0.25) is 0 Å². The molecule has 0 aliphatic heterocycles. The summed E-state index contributed by atoms with van der Waals surface area (Å²) >= 11 is 1.64. The van der Waals surface area contributed by atoms with E-state index >= 15 is 0 Å². The standard InChI is InChI=1S/C12H18N2O2S.ClH/c1-8(7-17-3)12(15)14-11-6-9(16-2)4-5-10(11)13;/h4-6,8H,7,13H2,1-3H3,(H,14,15);1H. The lowest BCUT2D eigenvalue weighted by molar-refractivity contribution is -0.118. The average molecular weight is 291 g/mol. The molecular weight excluding hydrogens is 272 g/mol. The molecule has 0 aliphatic rings. The maximum absolute atomic E-state index is 11.8. The molecule has 0 saturated carbocycles. The largest absolute Gasteiger partial charge is 0.497 e. The highest BCUT2D eigenvalue weighted by Crippen LogP contribution is 2.25. The third-order valence-corrected chi connectivity index (χ3v) is 3.22. The molecule has 1 aromatic rings. The molecule has 4 nitrogen and oxygen atoms in total. The van der Waals surface area contributed by atoms with Crippen LogP contribution >= 0.6 is 24.2 Å². The van der Waals surface area contributed by atoms with Gasteiger partial charge in [-0.2, -0.15) is 11.8 Å². The molecule has 0 spiro atoms. The van der Waals surface area contributed by atoms with Gasteiger partial charge >= 0.3 is 0 Å². The van der Waals surface area contributed by atoms with Gasteiger partial charge in [-0.15, -0.1) is 12.4 Å². The van der Waals surface area contributed by atoms with E-state index in [2.05, 4.69) is 5.32 Å². The summed E-state index contributed by atoms with van der Waals surface area (Å²) in [5, 5.41) is 2.81. The van der Waals surface area contributed by atoms with Gasteiger partial charge in [-0.05, 0) is 18.4 Å². The predicted molar refractivity (Wildman–Crippen MR) is 80.8 cm³/mol. The molecule has 0 heterocycles. The highest BCUT2D eigenvalue weighted by Gasteiger charge is 2.13. The molecule has 0 aromatic heterocycles. The van der Waals surface area contributed by atoms with Crippen LogP contribution in [0.15, 0.2) is 18.2 Å². The van der Waals surface area contributed by atoms with Crippen LogP contribution < -0.4 is 15.8 Å². The van der Waals surface area contributed by atoms with Gasteiger partial charge in [0.1, 0.15) is 5.75 Å². The number of amides is 1. The van der Waals surface area contributed by atoms with Gasteiger partial charge in [0.05, 0.1) is 18.5 Å². The minimum absolute atomic E-state index is 0. The van der Waals surface area contributed by atoms with Crippen LogP contribution in [-0.2, 0) is 4.79 Å². The molecule has 0 fully saturated rings. The van der Waals surface area contributed by atoms with Crippen molar-refractivity contribution in [1.29, 1.82) is 0 Å². The number of anilines is 2. The number of carbonyl (C=O) groups excluding carboxylic acids is 1. The Balaban J connectivity index is 0.00000289. The number of ether oxygens (including phenoxy) is 1. The average Bonchev–Trinajstić information content (AvgIpc) is 2.32. The Morgan fingerprint density at radius 2 is 2.22 bits per heavy atom. The van der Waals surface area contributed by atoms with Crippen molar-refractivity contribution in [2.24, 2.45) is 5.92 Å². The quantitative estimate of drug-likeness (QED) is 0.818. The number of hydrogen-bond acceptors (Lipinski definition) is 4. The van der Waals surface area contributed by atoms with Crippen molar-refractivity contribution < 1.29 is 9.53 Å². The summed E-state index contributed by atoms with van der Waals surface area (Å²) in [6.45, 7) is 1.89. The van der Waals surface area contributed by atoms with Crippen molar-refractivity contribution in [1.82, 2.24) is 0 Å². The normalized spacial score (nSPS) is 11.3. The zero-order chi connectivity index (χ0) is 12.8. The Morgan fingerprint density at radius 3 is 2.78 bits per heavy atom. The summed E-state index contributed by atoms with van der Waals surface area (Å²) in [5.74, 6) is 1.39. The van der Waals surface area contributed by atoms with Crippen LogP contribution in [0.4, 0.5) is 11.4 Å². The van der Waals surface area contributed by atoms with Crippen molar-refractivity contribution in [3.8, 4) is 5.75 Å². The monoisotopic (exact) mass is 290 g/mol. The lowest BCUT2D eigenvalue weighted by Gasteiger charge is -2.13. The lowest BCUT2D eigenvalue weighted by atomic mass is 10.2. The Labute approximate surface area is 118 Å². The summed E-state index contributed by atoms with van der Waals surface area (Å²) in [6, 6.07) is 5.20. The fourth-order valence-electron chi connectivity index (χ4n) is 1.35. The molecule has 1 unspecified atom stereocenters. The van der Waals surface area contributed by atoms with Crippen LogP contribution in [0.3, 0.4) is 0 Å². The van der Waals surface area contributed by atoms with Crippen LogP contribution in [-0.4, -0.2) is 25.0 Å². The van der Waals surface area contributed by atoms with Gasteiger partial charge in [0.2, 0.25) is 5.91 Å². The summed E-state index contributed by atoms with van der Waals surface area (Å²) in [5.41, 5.74) is 6.93. The van der Waals surface area contributed by atoms with E-state index < -0.39 is 0 Å². The number of benzene rings is 1. The van der Waals surface area contributed by atoms with E-state index in [1.54, 1.807) is 37.1 Å². The molecule has 3 N–H and O–H groups in total. The van der Waals surface area contributed by atoms with Gasteiger partial charge in [0.15, 0.2) is 0 Å². The molecule has 6 heteroatoms. The van der Waals surface area contributed by atoms with Gasteiger partial charge in [-0.1, -0.05) is 6.92 Å². The van der Waals surface area contributed by atoms with Crippen molar-refractivity contribution in [3.05, 3.63) is 18.2 Å². The second-order valence-electron chi connectivity index (χ2n) is 3.80. The number of nitrogen functional groups attached to an aromatic ring is 1. The maximum atomic E-state index is 11.8. The number of thioether (sulfide) groups is 1. The fraction of sp³-hybridized carbons (Fsp3) is 0.417. The SMILES string of the molecule is COc1ccc(N)c(NC(=O)C(C)CSC)c1.Cl. The minimum atomic E-state index is -0.0457. The van der Waals surface area contributed by atoms with E-state index in [-0.39, 0.29) is 24.2 Å². The van der Waals surface area contributed by atoms with Crippen LogP contribution in [0.1, 0.15) is 6.92 Å². The number of rotatable bonds is 5. The molecule has 1 rings (SSSR count). The van der Waals surface area contributed by atoms with Crippen molar-refractivity contribution in [2.45, 2.75) is 6.92 Å². The van der Waals surface area contributed by atoms with E-state index in [1.165, 1.54) is 0 Å². The number of hydrogen-bond donors (Lipinski definition) is 2. The molecule has 0 aliphatic carbocycles. The molecule has 0 saturated heterocycles. The van der Waals surface area contributed by atoms with Crippen LogP contribution in [0.25, 0.3) is 0 Å². The third-order valence-electron chi connectivity index (χ3n) is 2.38. The number of carbonyl (C=O) groups is 1. The number of methoxy groups -OCH3 is 1. The first kappa shape index (κ1) is 16.9.